The van der Waals surface area contributed by atoms with E-state index in [1.165, 1.54) is 0 Å². The zero-order valence-electron chi connectivity index (χ0n) is 13.8. The SMILES string of the molecule is Nc1ccc(COC(=O)N(Cc2ccccc2)c2ccccc2)cc1. The summed E-state index contributed by atoms with van der Waals surface area (Å²) in [6, 6.07) is 26.7. The highest BCUT2D eigenvalue weighted by molar-refractivity contribution is 5.87. The van der Waals surface area contributed by atoms with Gasteiger partial charge in [0.1, 0.15) is 6.61 Å². The molecule has 0 aliphatic rings. The first-order valence-electron chi connectivity index (χ1n) is 8.10. The fraction of sp³-hybridized carbons (Fsp3) is 0.0952. The van der Waals surface area contributed by atoms with E-state index in [1.807, 2.05) is 72.8 Å². The van der Waals surface area contributed by atoms with Crippen LogP contribution >= 0.6 is 0 Å². The number of nitrogens with two attached hydrogens (primary N) is 1. The molecule has 0 aliphatic carbocycles. The van der Waals surface area contributed by atoms with E-state index in [4.69, 9.17) is 10.5 Å². The average Bonchev–Trinajstić information content (AvgIpc) is 2.67. The molecule has 0 saturated carbocycles. The number of benzene rings is 3. The normalized spacial score (nSPS) is 10.2. The summed E-state index contributed by atoms with van der Waals surface area (Å²) in [5, 5.41) is 0. The Labute approximate surface area is 147 Å². The maximum Gasteiger partial charge on any atom is 0.414 e. The van der Waals surface area contributed by atoms with Crippen molar-refractivity contribution < 1.29 is 9.53 Å². The Hall–Kier alpha value is -3.27. The van der Waals surface area contributed by atoms with Crippen LogP contribution in [0.25, 0.3) is 0 Å². The lowest BCUT2D eigenvalue weighted by Gasteiger charge is -2.22. The summed E-state index contributed by atoms with van der Waals surface area (Å²) in [6.07, 6.45) is -0.383. The van der Waals surface area contributed by atoms with Crippen LogP contribution in [-0.4, -0.2) is 6.09 Å². The number of carbonyl (C=O) groups excluding carboxylic acids is 1. The Kier molecular flexibility index (Phi) is 5.32. The molecule has 0 bridgehead atoms. The lowest BCUT2D eigenvalue weighted by atomic mass is 10.2. The van der Waals surface area contributed by atoms with Crippen LogP contribution in [0.1, 0.15) is 11.1 Å². The van der Waals surface area contributed by atoms with Crippen molar-refractivity contribution in [3.05, 3.63) is 96.1 Å². The number of nitrogen functional groups attached to an aromatic ring is 1. The van der Waals surface area contributed by atoms with E-state index in [0.29, 0.717) is 12.2 Å². The topological polar surface area (TPSA) is 55.6 Å². The van der Waals surface area contributed by atoms with Crippen molar-refractivity contribution in [1.82, 2.24) is 0 Å². The molecule has 1 amide bonds. The Bertz CT molecular complexity index is 802. The highest BCUT2D eigenvalue weighted by Gasteiger charge is 2.17. The van der Waals surface area contributed by atoms with Crippen LogP contribution in [0.4, 0.5) is 16.2 Å². The third-order valence-electron chi connectivity index (χ3n) is 3.81. The maximum atomic E-state index is 12.7. The number of carbonyl (C=O) groups is 1. The number of hydrogen-bond donors (Lipinski definition) is 1. The van der Waals surface area contributed by atoms with Gasteiger partial charge in [-0.3, -0.25) is 4.90 Å². The monoisotopic (exact) mass is 332 g/mol. The molecule has 0 atom stereocenters. The van der Waals surface area contributed by atoms with Crippen LogP contribution in [0.15, 0.2) is 84.9 Å². The summed E-state index contributed by atoms with van der Waals surface area (Å²) in [5.41, 5.74) is 9.10. The fourth-order valence-corrected chi connectivity index (χ4v) is 2.47. The van der Waals surface area contributed by atoms with Crippen molar-refractivity contribution in [2.45, 2.75) is 13.2 Å². The standard InChI is InChI=1S/C21H20N2O2/c22-19-13-11-18(12-14-19)16-25-21(24)23(20-9-5-2-6-10-20)15-17-7-3-1-4-8-17/h1-14H,15-16,22H2. The molecule has 3 aromatic carbocycles. The predicted molar refractivity (Wildman–Crippen MR) is 100 cm³/mol. The molecule has 0 radical (unpaired) electrons. The molecule has 0 spiro atoms. The molecule has 25 heavy (non-hydrogen) atoms. The zero-order valence-corrected chi connectivity index (χ0v) is 13.8. The molecule has 3 rings (SSSR count). The maximum absolute atomic E-state index is 12.7. The van der Waals surface area contributed by atoms with Crippen molar-refractivity contribution in [1.29, 1.82) is 0 Å². The van der Waals surface area contributed by atoms with Crippen LogP contribution in [0.5, 0.6) is 0 Å². The van der Waals surface area contributed by atoms with Gasteiger partial charge in [0.15, 0.2) is 0 Å². The van der Waals surface area contributed by atoms with Gasteiger partial charge in [-0.25, -0.2) is 4.79 Å². The van der Waals surface area contributed by atoms with Crippen molar-refractivity contribution in [3.63, 3.8) is 0 Å². The second-order valence-electron chi connectivity index (χ2n) is 5.70. The number of hydrogen-bond acceptors (Lipinski definition) is 3. The Balaban J connectivity index is 1.74. The molecule has 0 aromatic heterocycles. The van der Waals surface area contributed by atoms with Gasteiger partial charge in [0.05, 0.1) is 6.54 Å². The van der Waals surface area contributed by atoms with Crippen LogP contribution < -0.4 is 10.6 Å². The molecular formula is C21H20N2O2. The van der Waals surface area contributed by atoms with Gasteiger partial charge in [0, 0.05) is 11.4 Å². The summed E-state index contributed by atoms with van der Waals surface area (Å²) in [5.74, 6) is 0. The molecule has 126 valence electrons. The number of nitrogens with zero attached hydrogens (tertiary/aromatic N) is 1. The molecule has 0 fully saturated rings. The fourth-order valence-electron chi connectivity index (χ4n) is 2.47. The molecular weight excluding hydrogens is 312 g/mol. The molecule has 0 unspecified atom stereocenters. The Morgan fingerprint density at radius 1 is 0.800 bits per heavy atom. The highest BCUT2D eigenvalue weighted by atomic mass is 16.6. The number of para-hydroxylation sites is 1. The van der Waals surface area contributed by atoms with E-state index < -0.39 is 0 Å². The summed E-state index contributed by atoms with van der Waals surface area (Å²) in [4.78, 5) is 14.3. The van der Waals surface area contributed by atoms with Crippen LogP contribution in [0.3, 0.4) is 0 Å². The van der Waals surface area contributed by atoms with Gasteiger partial charge < -0.3 is 10.5 Å². The van der Waals surface area contributed by atoms with Crippen LogP contribution in [-0.2, 0) is 17.9 Å². The molecule has 4 nitrogen and oxygen atoms in total. The molecule has 0 saturated heterocycles. The Morgan fingerprint density at radius 2 is 1.40 bits per heavy atom. The molecule has 0 heterocycles. The number of anilines is 2. The van der Waals surface area contributed by atoms with Gasteiger partial charge in [0.2, 0.25) is 0 Å². The van der Waals surface area contributed by atoms with E-state index in [9.17, 15) is 4.79 Å². The van der Waals surface area contributed by atoms with Gasteiger partial charge in [-0.15, -0.1) is 0 Å². The van der Waals surface area contributed by atoms with E-state index in [0.717, 1.165) is 16.8 Å². The number of ether oxygens (including phenoxy) is 1. The minimum Gasteiger partial charge on any atom is -0.444 e. The van der Waals surface area contributed by atoms with E-state index in [1.54, 1.807) is 17.0 Å². The first-order valence-corrected chi connectivity index (χ1v) is 8.10. The van der Waals surface area contributed by atoms with Gasteiger partial charge in [-0.2, -0.15) is 0 Å². The quantitative estimate of drug-likeness (QED) is 0.694. The second kappa shape index (κ2) is 8.02. The molecule has 3 aromatic rings. The second-order valence-corrected chi connectivity index (χ2v) is 5.70. The summed E-state index contributed by atoms with van der Waals surface area (Å²) in [6.45, 7) is 0.655. The van der Waals surface area contributed by atoms with Gasteiger partial charge in [-0.05, 0) is 35.4 Å². The zero-order chi connectivity index (χ0) is 17.5. The molecule has 2 N–H and O–H groups in total. The van der Waals surface area contributed by atoms with Crippen LogP contribution in [0.2, 0.25) is 0 Å². The van der Waals surface area contributed by atoms with Gasteiger partial charge >= 0.3 is 6.09 Å². The number of amides is 1. The van der Waals surface area contributed by atoms with Crippen molar-refractivity contribution in [2.24, 2.45) is 0 Å². The van der Waals surface area contributed by atoms with Crippen LogP contribution in [0, 0.1) is 0 Å². The van der Waals surface area contributed by atoms with E-state index in [2.05, 4.69) is 0 Å². The summed E-state index contributed by atoms with van der Waals surface area (Å²) < 4.78 is 5.50. The van der Waals surface area contributed by atoms with Gasteiger partial charge in [0.25, 0.3) is 0 Å². The smallest absolute Gasteiger partial charge is 0.414 e. The Morgan fingerprint density at radius 3 is 2.04 bits per heavy atom. The predicted octanol–water partition coefficient (Wildman–Crippen LogP) is 4.61. The van der Waals surface area contributed by atoms with E-state index >= 15 is 0 Å². The first kappa shape index (κ1) is 16.6. The third-order valence-corrected chi connectivity index (χ3v) is 3.81. The van der Waals surface area contributed by atoms with Gasteiger partial charge in [-0.1, -0.05) is 60.7 Å². The minimum absolute atomic E-state index is 0.206. The summed E-state index contributed by atoms with van der Waals surface area (Å²) in [7, 11) is 0. The molecule has 4 heteroatoms. The van der Waals surface area contributed by atoms with Crippen molar-refractivity contribution in [2.75, 3.05) is 10.6 Å². The third kappa shape index (κ3) is 4.61. The lowest BCUT2D eigenvalue weighted by Crippen LogP contribution is -2.30. The molecule has 0 aliphatic heterocycles. The minimum atomic E-state index is -0.383. The van der Waals surface area contributed by atoms with Crippen molar-refractivity contribution in [3.8, 4) is 0 Å². The largest absolute Gasteiger partial charge is 0.444 e. The lowest BCUT2D eigenvalue weighted by molar-refractivity contribution is 0.146. The summed E-state index contributed by atoms with van der Waals surface area (Å²) >= 11 is 0. The highest BCUT2D eigenvalue weighted by Crippen LogP contribution is 2.19. The average molecular weight is 332 g/mol. The number of rotatable bonds is 5. The van der Waals surface area contributed by atoms with Crippen molar-refractivity contribution >= 4 is 17.5 Å². The first-order chi connectivity index (χ1) is 12.2. The van der Waals surface area contributed by atoms with E-state index in [-0.39, 0.29) is 12.7 Å².